The molecule has 0 radical (unpaired) electrons. The Hall–Kier alpha value is -1.05. The molecular formula is C9H6F6OS. The van der Waals surface area contributed by atoms with Crippen LogP contribution in [0, 0.1) is 0 Å². The van der Waals surface area contributed by atoms with Gasteiger partial charge in [0.1, 0.15) is 5.75 Å². The zero-order valence-corrected chi connectivity index (χ0v) is 9.13. The molecule has 0 bridgehead atoms. The molecule has 0 aliphatic heterocycles. The fourth-order valence-electron chi connectivity index (χ4n) is 1.05. The van der Waals surface area contributed by atoms with Crippen LogP contribution in [0.1, 0.15) is 5.56 Å². The molecule has 8 heteroatoms. The first-order chi connectivity index (χ1) is 7.62. The number of thioether (sulfide) groups is 1. The van der Waals surface area contributed by atoms with Crippen molar-refractivity contribution in [3.8, 4) is 5.75 Å². The van der Waals surface area contributed by atoms with Gasteiger partial charge in [0.25, 0.3) is 0 Å². The molecule has 0 spiro atoms. The Bertz CT molecular complexity index is 397. The molecule has 0 aromatic heterocycles. The molecule has 1 rings (SSSR count). The minimum Gasteiger partial charge on any atom is -0.406 e. The van der Waals surface area contributed by atoms with E-state index in [1.165, 1.54) is 6.26 Å². The zero-order chi connectivity index (χ0) is 13.3. The lowest BCUT2D eigenvalue weighted by molar-refractivity contribution is -0.274. The molecule has 1 aromatic carbocycles. The average molecular weight is 276 g/mol. The van der Waals surface area contributed by atoms with Crippen LogP contribution in [0.15, 0.2) is 23.1 Å². The first kappa shape index (κ1) is 14.0. The Labute approximate surface area is 96.8 Å². The third kappa shape index (κ3) is 4.37. The van der Waals surface area contributed by atoms with Crippen molar-refractivity contribution in [1.29, 1.82) is 0 Å². The Morgan fingerprint density at radius 3 is 2.00 bits per heavy atom. The van der Waals surface area contributed by atoms with Gasteiger partial charge < -0.3 is 4.74 Å². The van der Waals surface area contributed by atoms with Gasteiger partial charge in [-0.1, -0.05) is 0 Å². The van der Waals surface area contributed by atoms with Crippen LogP contribution >= 0.6 is 11.8 Å². The van der Waals surface area contributed by atoms with E-state index in [0.717, 1.165) is 23.9 Å². The minimum atomic E-state index is -5.01. The number of halogens is 6. The molecule has 0 fully saturated rings. The summed E-state index contributed by atoms with van der Waals surface area (Å²) in [5.41, 5.74) is -1.18. The molecule has 0 N–H and O–H groups in total. The van der Waals surface area contributed by atoms with Gasteiger partial charge in [-0.2, -0.15) is 13.2 Å². The summed E-state index contributed by atoms with van der Waals surface area (Å²) in [7, 11) is 0. The van der Waals surface area contributed by atoms with Crippen LogP contribution < -0.4 is 4.74 Å². The lowest BCUT2D eigenvalue weighted by Gasteiger charge is -2.13. The Balaban J connectivity index is 3.15. The number of alkyl halides is 6. The molecule has 0 saturated heterocycles. The molecule has 0 amide bonds. The Morgan fingerprint density at radius 2 is 1.59 bits per heavy atom. The summed E-state index contributed by atoms with van der Waals surface area (Å²) in [5, 5.41) is 0. The van der Waals surface area contributed by atoms with Gasteiger partial charge in [0.05, 0.1) is 5.56 Å². The van der Waals surface area contributed by atoms with Crippen LogP contribution in [0.2, 0.25) is 0 Å². The maximum absolute atomic E-state index is 12.4. The zero-order valence-electron chi connectivity index (χ0n) is 8.32. The standard InChI is InChI=1S/C9H6F6OS/c1-17-7-3-5(8(10,11)12)2-6(4-7)16-9(13,14)15/h2-4H,1H3. The predicted octanol–water partition coefficient (Wildman–Crippen LogP) is 4.33. The summed E-state index contributed by atoms with van der Waals surface area (Å²) < 4.78 is 76.3. The summed E-state index contributed by atoms with van der Waals surface area (Å²) in [6, 6.07) is 1.97. The molecule has 0 saturated carbocycles. The molecule has 1 nitrogen and oxygen atoms in total. The van der Waals surface area contributed by atoms with Crippen LogP contribution in [0.25, 0.3) is 0 Å². The van der Waals surface area contributed by atoms with E-state index in [2.05, 4.69) is 4.74 Å². The molecule has 1 aromatic rings. The summed E-state index contributed by atoms with van der Waals surface area (Å²) in [6.45, 7) is 0. The van der Waals surface area contributed by atoms with Crippen LogP contribution in [0.5, 0.6) is 5.75 Å². The number of hydrogen-bond donors (Lipinski definition) is 0. The number of rotatable bonds is 2. The van der Waals surface area contributed by atoms with Gasteiger partial charge >= 0.3 is 12.5 Å². The highest BCUT2D eigenvalue weighted by Gasteiger charge is 2.34. The van der Waals surface area contributed by atoms with Crippen molar-refractivity contribution in [3.63, 3.8) is 0 Å². The molecule has 0 heterocycles. The van der Waals surface area contributed by atoms with E-state index < -0.39 is 23.9 Å². The van der Waals surface area contributed by atoms with Gasteiger partial charge in [0.15, 0.2) is 0 Å². The van der Waals surface area contributed by atoms with Gasteiger partial charge in [0.2, 0.25) is 0 Å². The first-order valence-corrected chi connectivity index (χ1v) is 5.36. The summed E-state index contributed by atoms with van der Waals surface area (Å²) in [4.78, 5) is 0.0408. The number of ether oxygens (including phenoxy) is 1. The smallest absolute Gasteiger partial charge is 0.406 e. The summed E-state index contributed by atoms with van der Waals surface area (Å²) >= 11 is 0.892. The fourth-order valence-corrected chi connectivity index (χ4v) is 1.52. The lowest BCUT2D eigenvalue weighted by Crippen LogP contribution is -2.17. The number of benzene rings is 1. The van der Waals surface area contributed by atoms with Crippen LogP contribution in [-0.4, -0.2) is 12.6 Å². The quantitative estimate of drug-likeness (QED) is 0.587. The maximum atomic E-state index is 12.4. The third-order valence-electron chi connectivity index (χ3n) is 1.68. The van der Waals surface area contributed by atoms with Gasteiger partial charge in [-0.15, -0.1) is 24.9 Å². The van der Waals surface area contributed by atoms with Crippen molar-refractivity contribution in [1.82, 2.24) is 0 Å². The van der Waals surface area contributed by atoms with Crippen molar-refractivity contribution < 1.29 is 31.1 Å². The van der Waals surface area contributed by atoms with Gasteiger partial charge in [-0.3, -0.25) is 0 Å². The molecule has 0 atom stereocenters. The topological polar surface area (TPSA) is 9.23 Å². The van der Waals surface area contributed by atoms with Crippen molar-refractivity contribution >= 4 is 11.8 Å². The molecule has 96 valence electrons. The van der Waals surface area contributed by atoms with E-state index in [-0.39, 0.29) is 4.90 Å². The van der Waals surface area contributed by atoms with Crippen molar-refractivity contribution in [2.75, 3.05) is 6.26 Å². The lowest BCUT2D eigenvalue weighted by atomic mass is 10.2. The second-order valence-electron chi connectivity index (χ2n) is 2.94. The van der Waals surface area contributed by atoms with Gasteiger partial charge in [-0.05, 0) is 24.5 Å². The predicted molar refractivity (Wildman–Crippen MR) is 49.9 cm³/mol. The Kier molecular flexibility index (Phi) is 3.85. The number of hydrogen-bond acceptors (Lipinski definition) is 2. The monoisotopic (exact) mass is 276 g/mol. The SMILES string of the molecule is CSc1cc(OC(F)(F)F)cc(C(F)(F)F)c1. The van der Waals surface area contributed by atoms with Crippen molar-refractivity contribution in [2.45, 2.75) is 17.4 Å². The normalized spacial score (nSPS) is 12.6. The molecule has 0 aliphatic carbocycles. The van der Waals surface area contributed by atoms with E-state index in [0.29, 0.717) is 6.07 Å². The fraction of sp³-hybridized carbons (Fsp3) is 0.333. The largest absolute Gasteiger partial charge is 0.573 e. The van der Waals surface area contributed by atoms with Crippen molar-refractivity contribution in [3.05, 3.63) is 23.8 Å². The Morgan fingerprint density at radius 1 is 1.00 bits per heavy atom. The highest BCUT2D eigenvalue weighted by molar-refractivity contribution is 7.98. The van der Waals surface area contributed by atoms with E-state index in [1.807, 2.05) is 0 Å². The van der Waals surface area contributed by atoms with Gasteiger partial charge in [-0.25, -0.2) is 0 Å². The van der Waals surface area contributed by atoms with E-state index in [4.69, 9.17) is 0 Å². The second kappa shape index (κ2) is 4.67. The van der Waals surface area contributed by atoms with E-state index in [9.17, 15) is 26.3 Å². The van der Waals surface area contributed by atoms with E-state index in [1.54, 1.807) is 0 Å². The summed E-state index contributed by atoms with van der Waals surface area (Å²) in [6.07, 6.45) is -8.28. The average Bonchev–Trinajstić information content (AvgIpc) is 2.13. The maximum Gasteiger partial charge on any atom is 0.573 e. The third-order valence-corrected chi connectivity index (χ3v) is 2.38. The highest BCUT2D eigenvalue weighted by atomic mass is 32.2. The minimum absolute atomic E-state index is 0.0408. The van der Waals surface area contributed by atoms with Crippen LogP contribution in [0.3, 0.4) is 0 Å². The summed E-state index contributed by atoms with van der Waals surface area (Å²) in [5.74, 6) is -0.878. The molecule has 0 unspecified atom stereocenters. The molecule has 17 heavy (non-hydrogen) atoms. The molecule has 0 aliphatic rings. The van der Waals surface area contributed by atoms with Crippen molar-refractivity contribution in [2.24, 2.45) is 0 Å². The van der Waals surface area contributed by atoms with E-state index >= 15 is 0 Å². The van der Waals surface area contributed by atoms with Crippen LogP contribution in [-0.2, 0) is 6.18 Å². The molecular weight excluding hydrogens is 270 g/mol. The first-order valence-electron chi connectivity index (χ1n) is 4.14. The highest BCUT2D eigenvalue weighted by Crippen LogP contribution is 2.36. The van der Waals surface area contributed by atoms with Gasteiger partial charge in [0, 0.05) is 4.90 Å². The van der Waals surface area contributed by atoms with Crippen LogP contribution in [0.4, 0.5) is 26.3 Å². The second-order valence-corrected chi connectivity index (χ2v) is 3.82.